The van der Waals surface area contributed by atoms with Crippen molar-refractivity contribution in [1.82, 2.24) is 15.1 Å². The van der Waals surface area contributed by atoms with Crippen LogP contribution in [0.5, 0.6) is 0 Å². The van der Waals surface area contributed by atoms with E-state index >= 15 is 0 Å². The van der Waals surface area contributed by atoms with E-state index in [1.165, 1.54) is 11.1 Å². The van der Waals surface area contributed by atoms with Gasteiger partial charge in [-0.15, -0.1) is 0 Å². The first-order chi connectivity index (χ1) is 20.8. The van der Waals surface area contributed by atoms with E-state index in [4.69, 9.17) is 0 Å². The third-order valence-corrected chi connectivity index (χ3v) is 7.63. The fraction of sp³-hybridized carbons (Fsp3) is 0.184. The van der Waals surface area contributed by atoms with Gasteiger partial charge in [-0.1, -0.05) is 146 Å². The summed E-state index contributed by atoms with van der Waals surface area (Å²) in [5.74, 6) is -0.0678. The zero-order chi connectivity index (χ0) is 28.8. The number of allylic oxidation sites excluding steroid dienone is 4. The third kappa shape index (κ3) is 8.26. The summed E-state index contributed by atoms with van der Waals surface area (Å²) in [5, 5.41) is 3.04. The molecule has 0 aromatic heterocycles. The molecule has 42 heavy (non-hydrogen) atoms. The van der Waals surface area contributed by atoms with Crippen LogP contribution >= 0.6 is 0 Å². The second kappa shape index (κ2) is 15.5. The highest BCUT2D eigenvalue weighted by molar-refractivity contribution is 5.87. The molecular formula is C38H39N3O. The Morgan fingerprint density at radius 3 is 1.67 bits per heavy atom. The largest absolute Gasteiger partial charge is 0.351 e. The summed E-state index contributed by atoms with van der Waals surface area (Å²) in [6.45, 7) is 5.46. The van der Waals surface area contributed by atoms with Crippen LogP contribution in [-0.4, -0.2) is 55.0 Å². The molecule has 4 nitrogen and oxygen atoms in total. The highest BCUT2D eigenvalue weighted by atomic mass is 16.1. The van der Waals surface area contributed by atoms with Crippen molar-refractivity contribution >= 4 is 11.5 Å². The maximum absolute atomic E-state index is 12.4. The highest BCUT2D eigenvalue weighted by Crippen LogP contribution is 2.29. The first kappa shape index (κ1) is 29.0. The van der Waals surface area contributed by atoms with Crippen LogP contribution in [0, 0.1) is 0 Å². The molecule has 0 atom stereocenters. The minimum Gasteiger partial charge on any atom is -0.351 e. The van der Waals surface area contributed by atoms with Crippen LogP contribution in [0.25, 0.3) is 5.57 Å². The Hall–Kier alpha value is -4.51. The molecule has 1 heterocycles. The molecule has 4 aromatic carbocycles. The molecular weight excluding hydrogens is 514 g/mol. The summed E-state index contributed by atoms with van der Waals surface area (Å²) in [5.41, 5.74) is 6.12. The van der Waals surface area contributed by atoms with E-state index < -0.39 is 0 Å². The summed E-state index contributed by atoms with van der Waals surface area (Å²) in [4.78, 5) is 17.4. The van der Waals surface area contributed by atoms with Crippen molar-refractivity contribution in [3.05, 3.63) is 174 Å². The minimum absolute atomic E-state index is 0.0678. The van der Waals surface area contributed by atoms with Crippen molar-refractivity contribution in [2.45, 2.75) is 6.04 Å². The van der Waals surface area contributed by atoms with Crippen molar-refractivity contribution in [2.75, 3.05) is 39.3 Å². The SMILES string of the molecule is O=C(C=CC=CC=C(c1ccccc1)c1ccccc1)NCCN1CCN(C(c2ccccc2)c2ccccc2)CC1. The monoisotopic (exact) mass is 553 g/mol. The Kier molecular flexibility index (Phi) is 10.7. The van der Waals surface area contributed by atoms with Gasteiger partial charge in [0.2, 0.25) is 5.91 Å². The molecule has 4 heteroatoms. The standard InChI is InChI=1S/C38H39N3O/c42-37(25-15-5-14-24-36(32-16-6-1-7-17-32)33-18-8-2-9-19-33)39-26-27-40-28-30-41(31-29-40)38(34-20-10-3-11-21-34)35-22-12-4-13-23-35/h1-25,38H,26-31H2,(H,39,42). The maximum Gasteiger partial charge on any atom is 0.244 e. The zero-order valence-corrected chi connectivity index (χ0v) is 24.1. The van der Waals surface area contributed by atoms with Gasteiger partial charge in [-0.3, -0.25) is 14.6 Å². The van der Waals surface area contributed by atoms with Crippen molar-refractivity contribution in [1.29, 1.82) is 0 Å². The van der Waals surface area contributed by atoms with Crippen molar-refractivity contribution in [3.8, 4) is 0 Å². The molecule has 1 aliphatic rings. The van der Waals surface area contributed by atoms with Crippen molar-refractivity contribution in [3.63, 3.8) is 0 Å². The Morgan fingerprint density at radius 1 is 0.643 bits per heavy atom. The van der Waals surface area contributed by atoms with E-state index in [9.17, 15) is 4.79 Å². The molecule has 0 saturated carbocycles. The Bertz CT molecular complexity index is 1380. The fourth-order valence-electron chi connectivity index (χ4n) is 5.48. The lowest BCUT2D eigenvalue weighted by molar-refractivity contribution is -0.116. The normalized spacial score (nSPS) is 14.4. The average molecular weight is 554 g/mol. The number of nitrogens with one attached hydrogen (secondary N) is 1. The zero-order valence-electron chi connectivity index (χ0n) is 24.1. The second-order valence-electron chi connectivity index (χ2n) is 10.4. The average Bonchev–Trinajstić information content (AvgIpc) is 3.05. The van der Waals surface area contributed by atoms with Gasteiger partial charge in [0, 0.05) is 45.3 Å². The molecule has 4 aromatic rings. The lowest BCUT2D eigenvalue weighted by Crippen LogP contribution is -2.49. The number of carbonyl (C=O) groups excluding carboxylic acids is 1. The second-order valence-corrected chi connectivity index (χ2v) is 10.4. The van der Waals surface area contributed by atoms with Crippen LogP contribution < -0.4 is 5.32 Å². The van der Waals surface area contributed by atoms with E-state index in [0.717, 1.165) is 49.4 Å². The van der Waals surface area contributed by atoms with Gasteiger partial charge < -0.3 is 5.32 Å². The van der Waals surface area contributed by atoms with Crippen molar-refractivity contribution < 1.29 is 4.79 Å². The number of amides is 1. The molecule has 1 saturated heterocycles. The third-order valence-electron chi connectivity index (χ3n) is 7.63. The van der Waals surface area contributed by atoms with E-state index in [0.29, 0.717) is 6.54 Å². The Morgan fingerprint density at radius 2 is 1.14 bits per heavy atom. The number of rotatable bonds is 11. The predicted molar refractivity (Wildman–Crippen MR) is 174 cm³/mol. The van der Waals surface area contributed by atoms with E-state index in [-0.39, 0.29) is 11.9 Å². The van der Waals surface area contributed by atoms with Gasteiger partial charge in [0.1, 0.15) is 0 Å². The predicted octanol–water partition coefficient (Wildman–Crippen LogP) is 6.75. The molecule has 0 unspecified atom stereocenters. The molecule has 0 aliphatic carbocycles. The summed E-state index contributed by atoms with van der Waals surface area (Å²) in [6.07, 6.45) is 9.37. The van der Waals surface area contributed by atoms with Crippen LogP contribution in [-0.2, 0) is 4.79 Å². The molecule has 1 amide bonds. The fourth-order valence-corrected chi connectivity index (χ4v) is 5.48. The first-order valence-corrected chi connectivity index (χ1v) is 14.8. The number of benzene rings is 4. The van der Waals surface area contributed by atoms with Crippen LogP contribution in [0.3, 0.4) is 0 Å². The van der Waals surface area contributed by atoms with Crippen LogP contribution in [0.4, 0.5) is 0 Å². The summed E-state index contributed by atoms with van der Waals surface area (Å²) in [6, 6.07) is 42.5. The molecule has 5 rings (SSSR count). The van der Waals surface area contributed by atoms with Gasteiger partial charge in [-0.05, 0) is 27.8 Å². The lowest BCUT2D eigenvalue weighted by atomic mass is 9.96. The van der Waals surface area contributed by atoms with Gasteiger partial charge in [0.15, 0.2) is 0 Å². The number of nitrogens with zero attached hydrogens (tertiary/aromatic N) is 2. The van der Waals surface area contributed by atoms with Crippen molar-refractivity contribution in [2.24, 2.45) is 0 Å². The molecule has 0 spiro atoms. The smallest absolute Gasteiger partial charge is 0.244 e. The van der Waals surface area contributed by atoms with Crippen LogP contribution in [0.2, 0.25) is 0 Å². The molecule has 0 radical (unpaired) electrons. The first-order valence-electron chi connectivity index (χ1n) is 14.8. The topological polar surface area (TPSA) is 35.6 Å². The Balaban J connectivity index is 1.08. The van der Waals surface area contributed by atoms with Gasteiger partial charge in [0.05, 0.1) is 6.04 Å². The van der Waals surface area contributed by atoms with Gasteiger partial charge in [-0.2, -0.15) is 0 Å². The summed E-state index contributed by atoms with van der Waals surface area (Å²) >= 11 is 0. The lowest BCUT2D eigenvalue weighted by Gasteiger charge is -2.39. The molecule has 212 valence electrons. The molecule has 0 bridgehead atoms. The minimum atomic E-state index is -0.0678. The van der Waals surface area contributed by atoms with Gasteiger partial charge >= 0.3 is 0 Å². The van der Waals surface area contributed by atoms with Gasteiger partial charge in [0.25, 0.3) is 0 Å². The Labute approximate surface area is 250 Å². The van der Waals surface area contributed by atoms with E-state index in [1.54, 1.807) is 12.2 Å². The molecule has 1 aliphatic heterocycles. The van der Waals surface area contributed by atoms with E-state index in [2.05, 4.69) is 106 Å². The van der Waals surface area contributed by atoms with Crippen LogP contribution in [0.15, 0.2) is 152 Å². The van der Waals surface area contributed by atoms with Gasteiger partial charge in [-0.25, -0.2) is 0 Å². The van der Waals surface area contributed by atoms with Crippen LogP contribution in [0.1, 0.15) is 28.3 Å². The quantitative estimate of drug-likeness (QED) is 0.165. The molecule has 1 N–H and O–H groups in total. The molecule has 1 fully saturated rings. The summed E-state index contributed by atoms with van der Waals surface area (Å²) < 4.78 is 0. The maximum atomic E-state index is 12.4. The number of carbonyl (C=O) groups is 1. The highest BCUT2D eigenvalue weighted by Gasteiger charge is 2.26. The van der Waals surface area contributed by atoms with E-state index in [1.807, 2.05) is 48.6 Å². The number of hydrogen-bond donors (Lipinski definition) is 1. The summed E-state index contributed by atoms with van der Waals surface area (Å²) in [7, 11) is 0. The number of piperazine rings is 1. The number of hydrogen-bond acceptors (Lipinski definition) is 3.